The third-order valence-corrected chi connectivity index (χ3v) is 3.02. The zero-order valence-electron chi connectivity index (χ0n) is 9.62. The maximum absolute atomic E-state index is 11.3. The van der Waals surface area contributed by atoms with E-state index in [-0.39, 0.29) is 5.91 Å². The summed E-state index contributed by atoms with van der Waals surface area (Å²) in [7, 11) is 0. The highest BCUT2D eigenvalue weighted by Gasteiger charge is 2.21. The molecule has 3 nitrogen and oxygen atoms in total. The molecule has 0 spiro atoms. The zero-order chi connectivity index (χ0) is 11.4. The Morgan fingerprint density at radius 3 is 3.06 bits per heavy atom. The van der Waals surface area contributed by atoms with Gasteiger partial charge in [0.2, 0.25) is 5.91 Å². The molecule has 0 radical (unpaired) electrons. The number of carbonyl (C=O) groups is 1. The van der Waals surface area contributed by atoms with Crippen molar-refractivity contribution in [2.75, 3.05) is 13.1 Å². The van der Waals surface area contributed by atoms with Gasteiger partial charge in [0.15, 0.2) is 0 Å². The summed E-state index contributed by atoms with van der Waals surface area (Å²) in [5, 5.41) is 6.10. The van der Waals surface area contributed by atoms with E-state index >= 15 is 0 Å². The van der Waals surface area contributed by atoms with Gasteiger partial charge in [0.05, 0.1) is 6.54 Å². The minimum absolute atomic E-state index is 0.0758. The van der Waals surface area contributed by atoms with Crippen molar-refractivity contribution in [3.05, 3.63) is 35.4 Å². The molecule has 1 aliphatic carbocycles. The second-order valence-corrected chi connectivity index (χ2v) is 4.12. The monoisotopic (exact) mass is 218 g/mol. The van der Waals surface area contributed by atoms with Crippen LogP contribution in [0.3, 0.4) is 0 Å². The van der Waals surface area contributed by atoms with Crippen LogP contribution in [0.5, 0.6) is 0 Å². The molecule has 2 rings (SSSR count). The first kappa shape index (κ1) is 11.1. The third-order valence-electron chi connectivity index (χ3n) is 3.02. The normalized spacial score (nSPS) is 18.2. The second-order valence-electron chi connectivity index (χ2n) is 4.12. The molecule has 86 valence electrons. The van der Waals surface area contributed by atoms with Gasteiger partial charge in [-0.3, -0.25) is 4.79 Å². The van der Waals surface area contributed by atoms with Crippen LogP contribution in [0.15, 0.2) is 24.3 Å². The average Bonchev–Trinajstić information content (AvgIpc) is 2.70. The fourth-order valence-electron chi connectivity index (χ4n) is 2.24. The molecule has 0 aliphatic heterocycles. The number of fused-ring (bicyclic) bond motifs is 1. The lowest BCUT2D eigenvalue weighted by Crippen LogP contribution is -2.35. The van der Waals surface area contributed by atoms with Gasteiger partial charge in [-0.25, -0.2) is 0 Å². The highest BCUT2D eigenvalue weighted by atomic mass is 16.1. The van der Waals surface area contributed by atoms with Gasteiger partial charge in [0.1, 0.15) is 0 Å². The summed E-state index contributed by atoms with van der Waals surface area (Å²) in [6.45, 7) is 3.04. The molecule has 3 heteroatoms. The molecule has 16 heavy (non-hydrogen) atoms. The van der Waals surface area contributed by atoms with Crippen LogP contribution < -0.4 is 10.6 Å². The van der Waals surface area contributed by atoms with Crippen molar-refractivity contribution in [3.8, 4) is 0 Å². The zero-order valence-corrected chi connectivity index (χ0v) is 9.62. The maximum atomic E-state index is 11.3. The van der Waals surface area contributed by atoms with Crippen molar-refractivity contribution < 1.29 is 4.79 Å². The first-order valence-corrected chi connectivity index (χ1v) is 5.89. The lowest BCUT2D eigenvalue weighted by Gasteiger charge is -2.13. The van der Waals surface area contributed by atoms with Crippen LogP contribution in [-0.4, -0.2) is 19.0 Å². The molecule has 0 saturated heterocycles. The number of hydrogen-bond donors (Lipinski definition) is 2. The van der Waals surface area contributed by atoms with Crippen LogP contribution in [-0.2, 0) is 11.2 Å². The summed E-state index contributed by atoms with van der Waals surface area (Å²) in [6.07, 6.45) is 2.21. The Labute approximate surface area is 96.2 Å². The second kappa shape index (κ2) is 5.12. The number of likely N-dealkylation sites (N-methyl/N-ethyl adjacent to an activating group) is 1. The molecule has 0 fully saturated rings. The molecule has 2 N–H and O–H groups in total. The Morgan fingerprint density at radius 2 is 2.25 bits per heavy atom. The highest BCUT2D eigenvalue weighted by molar-refractivity contribution is 5.77. The van der Waals surface area contributed by atoms with E-state index < -0.39 is 0 Å². The molecule has 0 saturated carbocycles. The number of carbonyl (C=O) groups excluding carboxylic acids is 1. The van der Waals surface area contributed by atoms with Gasteiger partial charge < -0.3 is 10.6 Å². The van der Waals surface area contributed by atoms with Crippen molar-refractivity contribution in [3.63, 3.8) is 0 Å². The molecule has 1 unspecified atom stereocenters. The molecule has 1 aromatic carbocycles. The van der Waals surface area contributed by atoms with Crippen molar-refractivity contribution in [1.82, 2.24) is 10.6 Å². The van der Waals surface area contributed by atoms with E-state index in [0.717, 1.165) is 12.8 Å². The minimum Gasteiger partial charge on any atom is -0.355 e. The largest absolute Gasteiger partial charge is 0.355 e. The standard InChI is InChI=1S/C13H18N2O/c1-2-14-13(16)9-15-12-8-7-10-5-3-4-6-11(10)12/h3-6,12,15H,2,7-9H2,1H3,(H,14,16). The summed E-state index contributed by atoms with van der Waals surface area (Å²) < 4.78 is 0. The van der Waals surface area contributed by atoms with Crippen LogP contribution in [0, 0.1) is 0 Å². The number of amides is 1. The number of rotatable bonds is 4. The van der Waals surface area contributed by atoms with Crippen molar-refractivity contribution in [2.24, 2.45) is 0 Å². The Hall–Kier alpha value is -1.35. The molecule has 1 atom stereocenters. The van der Waals surface area contributed by atoms with E-state index in [0.29, 0.717) is 19.1 Å². The predicted molar refractivity (Wildman–Crippen MR) is 64.2 cm³/mol. The Morgan fingerprint density at radius 1 is 1.44 bits per heavy atom. The van der Waals surface area contributed by atoms with E-state index in [1.165, 1.54) is 11.1 Å². The number of hydrogen-bond acceptors (Lipinski definition) is 2. The highest BCUT2D eigenvalue weighted by Crippen LogP contribution is 2.30. The smallest absolute Gasteiger partial charge is 0.233 e. The van der Waals surface area contributed by atoms with Gasteiger partial charge in [0.25, 0.3) is 0 Å². The lowest BCUT2D eigenvalue weighted by atomic mass is 10.1. The molecular weight excluding hydrogens is 200 g/mol. The van der Waals surface area contributed by atoms with E-state index in [9.17, 15) is 4.79 Å². The summed E-state index contributed by atoms with van der Waals surface area (Å²) >= 11 is 0. The molecule has 1 aliphatic rings. The van der Waals surface area contributed by atoms with Gasteiger partial charge in [-0.05, 0) is 30.9 Å². The maximum Gasteiger partial charge on any atom is 0.233 e. The fraction of sp³-hybridized carbons (Fsp3) is 0.462. The van der Waals surface area contributed by atoms with Crippen LogP contribution in [0.4, 0.5) is 0 Å². The third kappa shape index (κ3) is 2.42. The van der Waals surface area contributed by atoms with Crippen LogP contribution >= 0.6 is 0 Å². The van der Waals surface area contributed by atoms with Crippen LogP contribution in [0.1, 0.15) is 30.5 Å². The van der Waals surface area contributed by atoms with E-state index in [2.05, 4.69) is 34.9 Å². The molecule has 0 aromatic heterocycles. The van der Waals surface area contributed by atoms with Crippen molar-refractivity contribution in [1.29, 1.82) is 0 Å². The van der Waals surface area contributed by atoms with Crippen molar-refractivity contribution in [2.45, 2.75) is 25.8 Å². The summed E-state index contributed by atoms with van der Waals surface area (Å²) in [6, 6.07) is 8.80. The van der Waals surface area contributed by atoms with Gasteiger partial charge >= 0.3 is 0 Å². The van der Waals surface area contributed by atoms with E-state index in [4.69, 9.17) is 0 Å². The molecule has 0 heterocycles. The Kier molecular flexibility index (Phi) is 3.57. The number of aryl methyl sites for hydroxylation is 1. The van der Waals surface area contributed by atoms with Crippen molar-refractivity contribution >= 4 is 5.91 Å². The van der Waals surface area contributed by atoms with E-state index in [1.807, 2.05) is 6.92 Å². The first-order chi connectivity index (χ1) is 7.81. The van der Waals surface area contributed by atoms with Crippen LogP contribution in [0.25, 0.3) is 0 Å². The summed E-state index contributed by atoms with van der Waals surface area (Å²) in [5.74, 6) is 0.0758. The van der Waals surface area contributed by atoms with Gasteiger partial charge in [0, 0.05) is 12.6 Å². The van der Waals surface area contributed by atoms with E-state index in [1.54, 1.807) is 0 Å². The SMILES string of the molecule is CCNC(=O)CNC1CCc2ccccc21. The van der Waals surface area contributed by atoms with Gasteiger partial charge in [-0.1, -0.05) is 24.3 Å². The predicted octanol–water partition coefficient (Wildman–Crippen LogP) is 1.40. The molecule has 1 amide bonds. The average molecular weight is 218 g/mol. The number of nitrogens with one attached hydrogen (secondary N) is 2. The lowest BCUT2D eigenvalue weighted by molar-refractivity contribution is -0.120. The topological polar surface area (TPSA) is 41.1 Å². The van der Waals surface area contributed by atoms with Gasteiger partial charge in [-0.15, -0.1) is 0 Å². The summed E-state index contributed by atoms with van der Waals surface area (Å²) in [5.41, 5.74) is 2.77. The number of benzene rings is 1. The first-order valence-electron chi connectivity index (χ1n) is 5.89. The molecular formula is C13H18N2O. The Balaban J connectivity index is 1.91. The molecule has 0 bridgehead atoms. The van der Waals surface area contributed by atoms with Gasteiger partial charge in [-0.2, -0.15) is 0 Å². The van der Waals surface area contributed by atoms with Crippen LogP contribution in [0.2, 0.25) is 0 Å². The quantitative estimate of drug-likeness (QED) is 0.802. The minimum atomic E-state index is 0.0758. The Bertz CT molecular complexity index is 376. The molecule has 1 aromatic rings. The summed E-state index contributed by atoms with van der Waals surface area (Å²) in [4.78, 5) is 11.3. The fourth-order valence-corrected chi connectivity index (χ4v) is 2.24.